The molecule has 7 nitrogen and oxygen atoms in total. The minimum Gasteiger partial charge on any atom is -0.435 e. The van der Waals surface area contributed by atoms with Crippen molar-refractivity contribution in [3.8, 4) is 11.3 Å². The Balaban J connectivity index is 0.00000176. The van der Waals surface area contributed by atoms with E-state index in [1.54, 1.807) is 6.20 Å². The number of benzene rings is 1. The van der Waals surface area contributed by atoms with E-state index in [1.807, 2.05) is 31.2 Å². The summed E-state index contributed by atoms with van der Waals surface area (Å²) in [6, 6.07) is 7.13. The summed E-state index contributed by atoms with van der Waals surface area (Å²) >= 11 is 0. The summed E-state index contributed by atoms with van der Waals surface area (Å²) in [5, 5.41) is 8.02. The van der Waals surface area contributed by atoms with E-state index in [-0.39, 0.29) is 42.0 Å². The van der Waals surface area contributed by atoms with Gasteiger partial charge in [-0.05, 0) is 6.92 Å². The number of carbonyl (C=O) groups is 2. The molecule has 0 atom stereocenters. The van der Waals surface area contributed by atoms with Crippen LogP contribution in [0.5, 0.6) is 0 Å². The number of nitrogens with zero attached hydrogens (tertiary/aromatic N) is 4. The van der Waals surface area contributed by atoms with Crippen LogP contribution in [0.15, 0.2) is 40.0 Å². The van der Waals surface area contributed by atoms with Crippen LogP contribution in [0.3, 0.4) is 0 Å². The van der Waals surface area contributed by atoms with Crippen molar-refractivity contribution in [3.05, 3.63) is 47.2 Å². The molecule has 8 heteroatoms. The predicted octanol–water partition coefficient (Wildman–Crippen LogP) is -0.676. The van der Waals surface area contributed by atoms with Gasteiger partial charge in [0.15, 0.2) is 17.7 Å². The molecule has 0 aliphatic carbocycles. The molecule has 0 bridgehead atoms. The standard InChI is InChI=1S/C14H12N4O3.Na/c1-9-2-4-10(5-3-9)11-6-15-13(21-11)7-16-18-8-12(19)17-14(18)20;/h2-7H,8H2,1H3,(H,17,19,20);/q;+1/p-1/b16-7+;. The van der Waals surface area contributed by atoms with Crippen LogP contribution in [0.25, 0.3) is 16.6 Å². The summed E-state index contributed by atoms with van der Waals surface area (Å²) in [6.45, 7) is 1.85. The first-order chi connectivity index (χ1) is 10.1. The van der Waals surface area contributed by atoms with Crippen LogP contribution in [-0.4, -0.2) is 34.7 Å². The van der Waals surface area contributed by atoms with Gasteiger partial charge in [-0.3, -0.25) is 14.7 Å². The predicted molar refractivity (Wildman–Crippen MR) is 74.7 cm³/mol. The van der Waals surface area contributed by atoms with Crippen LogP contribution >= 0.6 is 0 Å². The molecule has 3 amide bonds. The van der Waals surface area contributed by atoms with Gasteiger partial charge in [0.2, 0.25) is 5.89 Å². The summed E-state index contributed by atoms with van der Waals surface area (Å²) in [6.07, 6.45) is 2.86. The van der Waals surface area contributed by atoms with Crippen LogP contribution in [0, 0.1) is 6.92 Å². The van der Waals surface area contributed by atoms with E-state index in [0.29, 0.717) is 5.76 Å². The fourth-order valence-corrected chi connectivity index (χ4v) is 1.80. The monoisotopic (exact) mass is 306 g/mol. The third kappa shape index (κ3) is 3.62. The zero-order chi connectivity index (χ0) is 14.8. The van der Waals surface area contributed by atoms with Crippen LogP contribution in [-0.2, 0) is 4.79 Å². The van der Waals surface area contributed by atoms with Crippen molar-refractivity contribution in [2.45, 2.75) is 6.92 Å². The Morgan fingerprint density at radius 2 is 2.05 bits per heavy atom. The molecule has 0 saturated carbocycles. The molecular formula is C14H11N4NaO3. The molecule has 1 aliphatic rings. The largest absolute Gasteiger partial charge is 1.00 e. The van der Waals surface area contributed by atoms with Crippen molar-refractivity contribution in [1.82, 2.24) is 9.99 Å². The molecule has 22 heavy (non-hydrogen) atoms. The van der Waals surface area contributed by atoms with Crippen LogP contribution in [0.1, 0.15) is 11.5 Å². The number of hydrogen-bond donors (Lipinski definition) is 0. The average Bonchev–Trinajstić information content (AvgIpc) is 3.04. The van der Waals surface area contributed by atoms with Gasteiger partial charge in [-0.1, -0.05) is 29.8 Å². The fraction of sp³-hybridized carbons (Fsp3) is 0.143. The first kappa shape index (κ1) is 16.4. The van der Waals surface area contributed by atoms with E-state index in [9.17, 15) is 9.59 Å². The van der Waals surface area contributed by atoms with Gasteiger partial charge >= 0.3 is 29.6 Å². The second kappa shape index (κ2) is 6.87. The Bertz CT molecular complexity index is 724. The Hall–Kier alpha value is -1.96. The van der Waals surface area contributed by atoms with Gasteiger partial charge in [0, 0.05) is 12.1 Å². The van der Waals surface area contributed by atoms with Gasteiger partial charge in [-0.15, -0.1) is 0 Å². The van der Waals surface area contributed by atoms with Crippen LogP contribution in [0.2, 0.25) is 0 Å². The molecule has 0 N–H and O–H groups in total. The van der Waals surface area contributed by atoms with Gasteiger partial charge in [0.25, 0.3) is 0 Å². The number of carbonyl (C=O) groups excluding carboxylic acids is 2. The molecular weight excluding hydrogens is 295 g/mol. The molecule has 1 aromatic carbocycles. The van der Waals surface area contributed by atoms with Crippen LogP contribution < -0.4 is 29.6 Å². The summed E-state index contributed by atoms with van der Waals surface area (Å²) < 4.78 is 5.52. The molecule has 1 aliphatic heterocycles. The smallest absolute Gasteiger partial charge is 0.435 e. The van der Waals surface area contributed by atoms with Gasteiger partial charge < -0.3 is 14.7 Å². The van der Waals surface area contributed by atoms with E-state index in [1.165, 1.54) is 6.21 Å². The topological polar surface area (TPSA) is 89.9 Å². The molecule has 1 fully saturated rings. The quantitative estimate of drug-likeness (QED) is 0.427. The van der Waals surface area contributed by atoms with Crippen molar-refractivity contribution in [3.63, 3.8) is 0 Å². The molecule has 2 heterocycles. The van der Waals surface area contributed by atoms with Gasteiger partial charge in [0.05, 0.1) is 12.4 Å². The molecule has 106 valence electrons. The Morgan fingerprint density at radius 1 is 1.32 bits per heavy atom. The number of rotatable bonds is 3. The molecule has 2 aromatic rings. The fourth-order valence-electron chi connectivity index (χ4n) is 1.80. The molecule has 0 unspecified atom stereocenters. The maximum atomic E-state index is 11.2. The van der Waals surface area contributed by atoms with E-state index >= 15 is 0 Å². The summed E-state index contributed by atoms with van der Waals surface area (Å²) in [5.41, 5.74) is 2.05. The van der Waals surface area contributed by atoms with Crippen molar-refractivity contribution in [1.29, 1.82) is 0 Å². The number of hydrazone groups is 1. The second-order valence-corrected chi connectivity index (χ2v) is 4.52. The van der Waals surface area contributed by atoms with Crippen molar-refractivity contribution in [2.24, 2.45) is 5.10 Å². The number of urea groups is 1. The normalized spacial score (nSPS) is 14.3. The van der Waals surface area contributed by atoms with Crippen molar-refractivity contribution >= 4 is 18.2 Å². The molecule has 0 radical (unpaired) electrons. The van der Waals surface area contributed by atoms with E-state index < -0.39 is 11.9 Å². The molecule has 0 spiro atoms. The summed E-state index contributed by atoms with van der Waals surface area (Å²) in [4.78, 5) is 26.2. The number of amides is 3. The number of aromatic nitrogens is 1. The van der Waals surface area contributed by atoms with Gasteiger partial charge in [-0.25, -0.2) is 4.98 Å². The van der Waals surface area contributed by atoms with Gasteiger partial charge in [-0.2, -0.15) is 0 Å². The molecule has 1 aromatic heterocycles. The SMILES string of the molecule is Cc1ccc(-c2cnc(/C=N/N3CC(=O)[N-]C3=O)o2)cc1.[Na+]. The van der Waals surface area contributed by atoms with Crippen molar-refractivity contribution < 1.29 is 43.6 Å². The summed E-state index contributed by atoms with van der Waals surface area (Å²) in [7, 11) is 0. The van der Waals surface area contributed by atoms with E-state index in [2.05, 4.69) is 15.4 Å². The van der Waals surface area contributed by atoms with Crippen molar-refractivity contribution in [2.75, 3.05) is 6.54 Å². The zero-order valence-corrected chi connectivity index (χ0v) is 14.2. The molecule has 1 saturated heterocycles. The first-order valence-corrected chi connectivity index (χ1v) is 6.25. The van der Waals surface area contributed by atoms with E-state index in [0.717, 1.165) is 16.1 Å². The zero-order valence-electron chi connectivity index (χ0n) is 12.2. The van der Waals surface area contributed by atoms with E-state index in [4.69, 9.17) is 4.42 Å². The Labute approximate surface area is 148 Å². The van der Waals surface area contributed by atoms with Gasteiger partial charge in [0.1, 0.15) is 0 Å². The van der Waals surface area contributed by atoms with Crippen LogP contribution in [0.4, 0.5) is 4.79 Å². The Kier molecular flexibility index (Phi) is 5.12. The Morgan fingerprint density at radius 3 is 2.68 bits per heavy atom. The number of hydrogen-bond acceptors (Lipinski definition) is 5. The average molecular weight is 306 g/mol. The number of aryl methyl sites for hydroxylation is 1. The maximum absolute atomic E-state index is 11.2. The summed E-state index contributed by atoms with van der Waals surface area (Å²) in [5.74, 6) is 0.340. The first-order valence-electron chi connectivity index (χ1n) is 6.25. The second-order valence-electron chi connectivity index (χ2n) is 4.52. The minimum atomic E-state index is -0.679. The minimum absolute atomic E-state index is 0. The third-order valence-corrected chi connectivity index (χ3v) is 2.89. The maximum Gasteiger partial charge on any atom is 1.00 e. The third-order valence-electron chi connectivity index (χ3n) is 2.89. The number of oxazole rings is 1. The molecule has 3 rings (SSSR count). The number of imide groups is 1.